The fourth-order valence-corrected chi connectivity index (χ4v) is 9.59. The fourth-order valence-electron chi connectivity index (χ4n) is 8.51. The first-order valence-corrected chi connectivity index (χ1v) is 18.6. The van der Waals surface area contributed by atoms with E-state index in [0.717, 1.165) is 54.7 Å². The van der Waals surface area contributed by atoms with Gasteiger partial charge in [-0.15, -0.1) is 11.3 Å². The van der Waals surface area contributed by atoms with Crippen molar-refractivity contribution < 1.29 is 4.42 Å². The van der Waals surface area contributed by atoms with Gasteiger partial charge in [-0.1, -0.05) is 121 Å². The highest BCUT2D eigenvalue weighted by Crippen LogP contribution is 2.44. The Morgan fingerprint density at radius 3 is 1.91 bits per heavy atom. The summed E-state index contributed by atoms with van der Waals surface area (Å²) in [6.45, 7) is 0. The van der Waals surface area contributed by atoms with Gasteiger partial charge >= 0.3 is 0 Å². The van der Waals surface area contributed by atoms with Crippen molar-refractivity contribution in [3.63, 3.8) is 0 Å². The zero-order valence-electron chi connectivity index (χ0n) is 28.2. The lowest BCUT2D eigenvalue weighted by Crippen LogP contribution is -1.95. The van der Waals surface area contributed by atoms with Crippen molar-refractivity contribution in [3.05, 3.63) is 164 Å². The molecule has 0 amide bonds. The molecule has 0 fully saturated rings. The smallest absolute Gasteiger partial charge is 0.162 e. The van der Waals surface area contributed by atoms with Gasteiger partial charge in [-0.2, -0.15) is 0 Å². The Bertz CT molecular complexity index is 3370. The maximum Gasteiger partial charge on any atom is 0.162 e. The van der Waals surface area contributed by atoms with Gasteiger partial charge in [0.2, 0.25) is 0 Å². The van der Waals surface area contributed by atoms with E-state index in [9.17, 15) is 0 Å². The third-order valence-electron chi connectivity index (χ3n) is 10.8. The van der Waals surface area contributed by atoms with Crippen molar-refractivity contribution in [2.45, 2.75) is 0 Å². The Hall–Kier alpha value is -6.82. The van der Waals surface area contributed by atoms with E-state index in [-0.39, 0.29) is 0 Å². The van der Waals surface area contributed by atoms with Gasteiger partial charge in [-0.25, -0.2) is 9.97 Å². The predicted octanol–water partition coefficient (Wildman–Crippen LogP) is 13.5. The van der Waals surface area contributed by atoms with Crippen molar-refractivity contribution in [2.24, 2.45) is 0 Å². The van der Waals surface area contributed by atoms with Crippen molar-refractivity contribution in [1.29, 1.82) is 0 Å². The highest BCUT2D eigenvalue weighted by molar-refractivity contribution is 7.25. The van der Waals surface area contributed by atoms with E-state index in [2.05, 4.69) is 150 Å². The number of nitrogens with zero attached hydrogens (tertiary/aromatic N) is 3. The van der Waals surface area contributed by atoms with E-state index in [4.69, 9.17) is 14.4 Å². The Labute approximate surface area is 306 Å². The molecular weight excluding hydrogens is 667 g/mol. The van der Waals surface area contributed by atoms with E-state index in [1.165, 1.54) is 53.4 Å². The lowest BCUT2D eigenvalue weighted by atomic mass is 10.00. The summed E-state index contributed by atoms with van der Waals surface area (Å²) in [5.74, 6) is 0.691. The second-order valence-electron chi connectivity index (χ2n) is 13.7. The van der Waals surface area contributed by atoms with Gasteiger partial charge in [0.05, 0.1) is 16.7 Å². The number of benzene rings is 8. The zero-order chi connectivity index (χ0) is 34.6. The molecule has 53 heavy (non-hydrogen) atoms. The molecule has 4 aromatic heterocycles. The molecule has 0 spiro atoms. The van der Waals surface area contributed by atoms with Gasteiger partial charge < -0.3 is 8.98 Å². The number of furan rings is 1. The number of rotatable bonds is 3. The maximum absolute atomic E-state index is 6.57. The van der Waals surface area contributed by atoms with Crippen LogP contribution < -0.4 is 0 Å². The van der Waals surface area contributed by atoms with E-state index in [1.807, 2.05) is 18.2 Å². The number of hydrogen-bond acceptors (Lipinski definition) is 4. The standard InChI is InChI=1S/C48H27N3OS/c1-2-13-30(14-3-1)46-45-34-17-8-9-20-41(34)53-48(45)50-47(49-46)35-18-10-19-40-42(35)36-27-31(23-26-39(36)52-40)51-37-24-21-28-11-4-6-15-32(28)43(37)44-33-16-7-5-12-29(33)22-25-38(44)51/h1-27H. The summed E-state index contributed by atoms with van der Waals surface area (Å²) in [7, 11) is 0. The number of thiophene rings is 1. The molecule has 0 aliphatic carbocycles. The van der Waals surface area contributed by atoms with Gasteiger partial charge in [0.25, 0.3) is 0 Å². The van der Waals surface area contributed by atoms with Gasteiger partial charge in [-0.05, 0) is 64.0 Å². The molecule has 12 aromatic rings. The van der Waals surface area contributed by atoms with Crippen LogP contribution in [0.4, 0.5) is 0 Å². The molecule has 0 aliphatic rings. The second-order valence-corrected chi connectivity index (χ2v) is 14.7. The monoisotopic (exact) mass is 693 g/mol. The quantitative estimate of drug-likeness (QED) is 0.185. The highest BCUT2D eigenvalue weighted by atomic mass is 32.1. The minimum Gasteiger partial charge on any atom is -0.456 e. The molecule has 5 heteroatoms. The van der Waals surface area contributed by atoms with Crippen LogP contribution in [0.15, 0.2) is 168 Å². The molecule has 0 aliphatic heterocycles. The van der Waals surface area contributed by atoms with Crippen molar-refractivity contribution in [3.8, 4) is 28.3 Å². The molecule has 8 aromatic carbocycles. The Morgan fingerprint density at radius 1 is 0.472 bits per heavy atom. The van der Waals surface area contributed by atoms with Crippen LogP contribution in [0.25, 0.3) is 114 Å². The van der Waals surface area contributed by atoms with E-state index in [0.29, 0.717) is 5.82 Å². The summed E-state index contributed by atoms with van der Waals surface area (Å²) in [5.41, 5.74) is 8.04. The number of fused-ring (bicyclic) bond motifs is 13. The van der Waals surface area contributed by atoms with Crippen LogP contribution in [0.1, 0.15) is 0 Å². The Balaban J connectivity index is 1.15. The molecule has 0 bridgehead atoms. The fraction of sp³-hybridized carbons (Fsp3) is 0. The van der Waals surface area contributed by atoms with E-state index in [1.54, 1.807) is 11.3 Å². The van der Waals surface area contributed by atoms with Crippen LogP contribution in [-0.4, -0.2) is 14.5 Å². The lowest BCUT2D eigenvalue weighted by molar-refractivity contribution is 0.669. The van der Waals surface area contributed by atoms with Crippen LogP contribution in [-0.2, 0) is 0 Å². The molecule has 0 unspecified atom stereocenters. The van der Waals surface area contributed by atoms with E-state index >= 15 is 0 Å². The second kappa shape index (κ2) is 10.8. The molecule has 4 nitrogen and oxygen atoms in total. The van der Waals surface area contributed by atoms with Crippen molar-refractivity contribution >= 4 is 96.9 Å². The van der Waals surface area contributed by atoms with Crippen LogP contribution >= 0.6 is 11.3 Å². The minimum absolute atomic E-state index is 0.691. The zero-order valence-corrected chi connectivity index (χ0v) is 29.1. The van der Waals surface area contributed by atoms with Gasteiger partial charge in [0.15, 0.2) is 5.82 Å². The minimum atomic E-state index is 0.691. The first-order valence-electron chi connectivity index (χ1n) is 17.8. The predicted molar refractivity (Wildman–Crippen MR) is 222 cm³/mol. The van der Waals surface area contributed by atoms with Crippen LogP contribution in [0.2, 0.25) is 0 Å². The van der Waals surface area contributed by atoms with Gasteiger partial charge in [0, 0.05) is 53.8 Å². The molecule has 12 rings (SSSR count). The Morgan fingerprint density at radius 2 is 1.15 bits per heavy atom. The summed E-state index contributed by atoms with van der Waals surface area (Å²) < 4.78 is 10.2. The normalized spacial score (nSPS) is 12.2. The average molecular weight is 694 g/mol. The first-order chi connectivity index (χ1) is 26.3. The Kier molecular flexibility index (Phi) is 5.90. The molecular formula is C48H27N3OS. The summed E-state index contributed by atoms with van der Waals surface area (Å²) >= 11 is 1.72. The molecule has 0 N–H and O–H groups in total. The molecule has 246 valence electrons. The average Bonchev–Trinajstić information content (AvgIpc) is 3.90. The third-order valence-corrected chi connectivity index (χ3v) is 11.9. The summed E-state index contributed by atoms with van der Waals surface area (Å²) in [5, 5.41) is 11.8. The van der Waals surface area contributed by atoms with Crippen LogP contribution in [0.3, 0.4) is 0 Å². The molecule has 0 atom stereocenters. The summed E-state index contributed by atoms with van der Waals surface area (Å²) in [6.07, 6.45) is 0. The number of hydrogen-bond donors (Lipinski definition) is 0. The maximum atomic E-state index is 6.57. The summed E-state index contributed by atoms with van der Waals surface area (Å²) in [6, 6.07) is 58.2. The molecule has 0 saturated heterocycles. The highest BCUT2D eigenvalue weighted by Gasteiger charge is 2.22. The first kappa shape index (κ1) is 28.8. The lowest BCUT2D eigenvalue weighted by Gasteiger charge is -2.10. The van der Waals surface area contributed by atoms with Crippen molar-refractivity contribution in [2.75, 3.05) is 0 Å². The number of aromatic nitrogens is 3. The third kappa shape index (κ3) is 4.11. The summed E-state index contributed by atoms with van der Waals surface area (Å²) in [4.78, 5) is 11.6. The molecule has 4 heterocycles. The van der Waals surface area contributed by atoms with Crippen LogP contribution in [0.5, 0.6) is 0 Å². The van der Waals surface area contributed by atoms with Crippen LogP contribution in [0, 0.1) is 0 Å². The van der Waals surface area contributed by atoms with Gasteiger partial charge in [-0.3, -0.25) is 0 Å². The van der Waals surface area contributed by atoms with Gasteiger partial charge in [0.1, 0.15) is 16.0 Å². The SMILES string of the molecule is c1ccc(-c2nc(-c3cccc4oc5ccc(-n6c7ccc8ccccc8c7c7c8ccccc8ccc76)cc5c34)nc3sc4ccccc4c23)cc1. The largest absolute Gasteiger partial charge is 0.456 e. The molecule has 0 saturated carbocycles. The van der Waals surface area contributed by atoms with Crippen molar-refractivity contribution in [1.82, 2.24) is 14.5 Å². The van der Waals surface area contributed by atoms with E-state index < -0.39 is 0 Å². The molecule has 0 radical (unpaired) electrons. The topological polar surface area (TPSA) is 43.9 Å².